The SMILES string of the molecule is CNc1ccc(OCc2nc(-c3ccccc3)no2)cc1. The molecular formula is C16H15N3O2. The predicted molar refractivity (Wildman–Crippen MR) is 80.1 cm³/mol. The summed E-state index contributed by atoms with van der Waals surface area (Å²) in [6, 6.07) is 17.4. The Kier molecular flexibility index (Phi) is 3.82. The maximum atomic E-state index is 5.62. The summed E-state index contributed by atoms with van der Waals surface area (Å²) in [5.74, 6) is 1.78. The molecule has 106 valence electrons. The number of nitrogens with one attached hydrogen (secondary N) is 1. The Hall–Kier alpha value is -2.82. The van der Waals surface area contributed by atoms with Gasteiger partial charge in [-0.15, -0.1) is 0 Å². The lowest BCUT2D eigenvalue weighted by Gasteiger charge is -2.04. The molecule has 0 bridgehead atoms. The Bertz CT molecular complexity index is 693. The minimum absolute atomic E-state index is 0.249. The lowest BCUT2D eigenvalue weighted by molar-refractivity contribution is 0.243. The van der Waals surface area contributed by atoms with Crippen LogP contribution >= 0.6 is 0 Å². The van der Waals surface area contributed by atoms with Gasteiger partial charge in [0.25, 0.3) is 5.89 Å². The predicted octanol–water partition coefficient (Wildman–Crippen LogP) is 3.36. The average molecular weight is 281 g/mol. The highest BCUT2D eigenvalue weighted by atomic mass is 16.5. The Morgan fingerprint density at radius 2 is 1.81 bits per heavy atom. The lowest BCUT2D eigenvalue weighted by atomic mass is 10.2. The van der Waals surface area contributed by atoms with Crippen molar-refractivity contribution in [2.75, 3.05) is 12.4 Å². The molecule has 3 aromatic rings. The first kappa shape index (κ1) is 13.2. The Labute approximate surface area is 122 Å². The molecule has 0 aliphatic heterocycles. The zero-order valence-electron chi connectivity index (χ0n) is 11.6. The van der Waals surface area contributed by atoms with E-state index in [0.29, 0.717) is 11.7 Å². The van der Waals surface area contributed by atoms with Gasteiger partial charge in [-0.25, -0.2) is 0 Å². The Balaban J connectivity index is 1.64. The highest BCUT2D eigenvalue weighted by Gasteiger charge is 2.08. The van der Waals surface area contributed by atoms with Gasteiger partial charge in [0.15, 0.2) is 6.61 Å². The molecule has 0 atom stereocenters. The first-order chi connectivity index (χ1) is 10.3. The van der Waals surface area contributed by atoms with Gasteiger partial charge in [-0.1, -0.05) is 35.5 Å². The van der Waals surface area contributed by atoms with Gasteiger partial charge in [0.2, 0.25) is 5.82 Å². The summed E-state index contributed by atoms with van der Waals surface area (Å²) in [6.07, 6.45) is 0. The molecule has 5 nitrogen and oxygen atoms in total. The first-order valence-corrected chi connectivity index (χ1v) is 6.64. The Morgan fingerprint density at radius 3 is 2.52 bits per heavy atom. The van der Waals surface area contributed by atoms with E-state index in [1.54, 1.807) is 0 Å². The van der Waals surface area contributed by atoms with E-state index in [4.69, 9.17) is 9.26 Å². The van der Waals surface area contributed by atoms with Gasteiger partial charge < -0.3 is 14.6 Å². The molecule has 1 aromatic heterocycles. The van der Waals surface area contributed by atoms with Crippen molar-refractivity contribution in [1.82, 2.24) is 10.1 Å². The van der Waals surface area contributed by atoms with Gasteiger partial charge in [0.05, 0.1) is 0 Å². The number of benzene rings is 2. The van der Waals surface area contributed by atoms with Gasteiger partial charge >= 0.3 is 0 Å². The van der Waals surface area contributed by atoms with Crippen LogP contribution in [0.15, 0.2) is 59.1 Å². The van der Waals surface area contributed by atoms with E-state index >= 15 is 0 Å². The second kappa shape index (κ2) is 6.09. The summed E-state index contributed by atoms with van der Waals surface area (Å²) >= 11 is 0. The molecule has 0 unspecified atom stereocenters. The van der Waals surface area contributed by atoms with Crippen LogP contribution in [0, 0.1) is 0 Å². The maximum Gasteiger partial charge on any atom is 0.264 e. The van der Waals surface area contributed by atoms with E-state index in [1.165, 1.54) is 0 Å². The van der Waals surface area contributed by atoms with Crippen molar-refractivity contribution in [3.63, 3.8) is 0 Å². The van der Waals surface area contributed by atoms with Gasteiger partial charge in [-0.05, 0) is 24.3 Å². The van der Waals surface area contributed by atoms with Gasteiger partial charge in [-0.3, -0.25) is 0 Å². The Morgan fingerprint density at radius 1 is 1.05 bits per heavy atom. The number of aromatic nitrogens is 2. The summed E-state index contributed by atoms with van der Waals surface area (Å²) in [5, 5.41) is 7.00. The number of hydrogen-bond donors (Lipinski definition) is 1. The number of hydrogen-bond acceptors (Lipinski definition) is 5. The molecule has 0 aliphatic carbocycles. The van der Waals surface area contributed by atoms with Crippen LogP contribution in [0.2, 0.25) is 0 Å². The molecule has 2 aromatic carbocycles. The zero-order chi connectivity index (χ0) is 14.5. The van der Waals surface area contributed by atoms with Crippen molar-refractivity contribution in [2.45, 2.75) is 6.61 Å². The lowest BCUT2D eigenvalue weighted by Crippen LogP contribution is -1.96. The van der Waals surface area contributed by atoms with Gasteiger partial charge in [-0.2, -0.15) is 4.98 Å². The zero-order valence-corrected chi connectivity index (χ0v) is 11.6. The normalized spacial score (nSPS) is 10.3. The van der Waals surface area contributed by atoms with E-state index in [0.717, 1.165) is 17.0 Å². The molecule has 0 amide bonds. The fraction of sp³-hybridized carbons (Fsp3) is 0.125. The number of anilines is 1. The monoisotopic (exact) mass is 281 g/mol. The maximum absolute atomic E-state index is 5.62. The van der Waals surface area contributed by atoms with Crippen LogP contribution in [0.1, 0.15) is 5.89 Å². The van der Waals surface area contributed by atoms with Crippen LogP contribution in [-0.2, 0) is 6.61 Å². The van der Waals surface area contributed by atoms with Crippen LogP contribution in [0.25, 0.3) is 11.4 Å². The number of rotatable bonds is 5. The molecule has 1 N–H and O–H groups in total. The molecule has 0 aliphatic rings. The topological polar surface area (TPSA) is 60.2 Å². The van der Waals surface area contributed by atoms with Crippen LogP contribution in [-0.4, -0.2) is 17.2 Å². The summed E-state index contributed by atoms with van der Waals surface area (Å²) in [6.45, 7) is 0.249. The molecular weight excluding hydrogens is 266 g/mol. The van der Waals surface area contributed by atoms with Gasteiger partial charge in [0.1, 0.15) is 5.75 Å². The van der Waals surface area contributed by atoms with Crippen LogP contribution in [0.4, 0.5) is 5.69 Å². The molecule has 0 saturated heterocycles. The second-order valence-electron chi connectivity index (χ2n) is 4.44. The van der Waals surface area contributed by atoms with E-state index < -0.39 is 0 Å². The van der Waals surface area contributed by atoms with Crippen molar-refractivity contribution < 1.29 is 9.26 Å². The summed E-state index contributed by atoms with van der Waals surface area (Å²) in [7, 11) is 1.87. The van der Waals surface area contributed by atoms with E-state index in [-0.39, 0.29) is 6.61 Å². The fourth-order valence-electron chi connectivity index (χ4n) is 1.88. The molecule has 21 heavy (non-hydrogen) atoms. The summed E-state index contributed by atoms with van der Waals surface area (Å²) in [4.78, 5) is 4.31. The van der Waals surface area contributed by atoms with E-state index in [9.17, 15) is 0 Å². The van der Waals surface area contributed by atoms with Gasteiger partial charge in [0, 0.05) is 18.3 Å². The molecule has 0 radical (unpaired) electrons. The molecule has 5 heteroatoms. The third-order valence-corrected chi connectivity index (χ3v) is 3.01. The molecule has 0 saturated carbocycles. The van der Waals surface area contributed by atoms with E-state index in [1.807, 2.05) is 61.6 Å². The number of nitrogens with zero attached hydrogens (tertiary/aromatic N) is 2. The van der Waals surface area contributed by atoms with Crippen molar-refractivity contribution in [2.24, 2.45) is 0 Å². The van der Waals surface area contributed by atoms with Crippen molar-refractivity contribution in [3.8, 4) is 17.1 Å². The highest BCUT2D eigenvalue weighted by Crippen LogP contribution is 2.18. The quantitative estimate of drug-likeness (QED) is 0.777. The van der Waals surface area contributed by atoms with Crippen molar-refractivity contribution in [1.29, 1.82) is 0 Å². The van der Waals surface area contributed by atoms with E-state index in [2.05, 4.69) is 15.5 Å². The molecule has 1 heterocycles. The summed E-state index contributed by atoms with van der Waals surface area (Å²) in [5.41, 5.74) is 1.96. The molecule has 0 spiro atoms. The standard InChI is InChI=1S/C16H15N3O2/c1-17-13-7-9-14(10-8-13)20-11-15-18-16(19-21-15)12-5-3-2-4-6-12/h2-10,17H,11H2,1H3. The fourth-order valence-corrected chi connectivity index (χ4v) is 1.88. The van der Waals surface area contributed by atoms with Crippen molar-refractivity contribution in [3.05, 3.63) is 60.5 Å². The largest absolute Gasteiger partial charge is 0.484 e. The second-order valence-corrected chi connectivity index (χ2v) is 4.44. The van der Waals surface area contributed by atoms with Crippen LogP contribution < -0.4 is 10.1 Å². The summed E-state index contributed by atoms with van der Waals surface area (Å²) < 4.78 is 10.8. The van der Waals surface area contributed by atoms with Crippen LogP contribution in [0.5, 0.6) is 5.75 Å². The molecule has 3 rings (SSSR count). The van der Waals surface area contributed by atoms with Crippen molar-refractivity contribution >= 4 is 5.69 Å². The third-order valence-electron chi connectivity index (χ3n) is 3.01. The first-order valence-electron chi connectivity index (χ1n) is 6.64. The highest BCUT2D eigenvalue weighted by molar-refractivity contribution is 5.53. The average Bonchev–Trinajstić information content (AvgIpc) is 3.03. The smallest absolute Gasteiger partial charge is 0.264 e. The minimum atomic E-state index is 0.249. The minimum Gasteiger partial charge on any atom is -0.484 e. The molecule has 0 fully saturated rings. The van der Waals surface area contributed by atoms with Crippen LogP contribution in [0.3, 0.4) is 0 Å². The number of ether oxygens (including phenoxy) is 1. The third kappa shape index (κ3) is 3.20.